The van der Waals surface area contributed by atoms with Crippen molar-refractivity contribution in [2.75, 3.05) is 18.8 Å². The van der Waals surface area contributed by atoms with Gasteiger partial charge >= 0.3 is 0 Å². The van der Waals surface area contributed by atoms with E-state index in [0.29, 0.717) is 23.7 Å². The van der Waals surface area contributed by atoms with Gasteiger partial charge in [0.25, 0.3) is 0 Å². The maximum absolute atomic E-state index is 12.5. The van der Waals surface area contributed by atoms with Crippen molar-refractivity contribution >= 4 is 23.6 Å². The summed E-state index contributed by atoms with van der Waals surface area (Å²) in [6, 6.07) is 4.05. The first-order valence-corrected chi connectivity index (χ1v) is 9.10. The van der Waals surface area contributed by atoms with Crippen LogP contribution < -0.4 is 5.32 Å². The van der Waals surface area contributed by atoms with Crippen molar-refractivity contribution < 1.29 is 14.3 Å². The molecule has 2 heterocycles. The molecule has 2 rings (SSSR count). The fourth-order valence-corrected chi connectivity index (χ4v) is 4.22. The second kappa shape index (κ2) is 7.47. The van der Waals surface area contributed by atoms with Crippen molar-refractivity contribution in [1.82, 2.24) is 10.2 Å². The normalized spacial score (nSPS) is 28.8. The maximum atomic E-state index is 12.5. The SMILES string of the molecule is C[C@@H]1CN(C(=O)CSC2=C(C#N)C(C)(C)[C@H](C#N)C(=O)N2)C[C@@H](C)O1. The van der Waals surface area contributed by atoms with E-state index in [1.54, 1.807) is 18.7 Å². The summed E-state index contributed by atoms with van der Waals surface area (Å²) in [5, 5.41) is 21.7. The lowest BCUT2D eigenvalue weighted by atomic mass is 9.72. The van der Waals surface area contributed by atoms with Crippen LogP contribution in [-0.2, 0) is 14.3 Å². The van der Waals surface area contributed by atoms with Gasteiger partial charge in [0.05, 0.1) is 40.7 Å². The highest BCUT2D eigenvalue weighted by Gasteiger charge is 2.44. The quantitative estimate of drug-likeness (QED) is 0.813. The van der Waals surface area contributed by atoms with Gasteiger partial charge in [-0.1, -0.05) is 25.6 Å². The summed E-state index contributed by atoms with van der Waals surface area (Å²) in [7, 11) is 0. The molecule has 3 atom stereocenters. The van der Waals surface area contributed by atoms with E-state index in [1.807, 2.05) is 19.9 Å². The predicted molar refractivity (Wildman–Crippen MR) is 92.7 cm³/mol. The molecule has 2 aliphatic heterocycles. The number of nitrogens with one attached hydrogen (secondary N) is 1. The van der Waals surface area contributed by atoms with Crippen LogP contribution in [0, 0.1) is 34.0 Å². The molecule has 0 aromatic carbocycles. The van der Waals surface area contributed by atoms with Crippen LogP contribution in [-0.4, -0.2) is 47.8 Å². The largest absolute Gasteiger partial charge is 0.372 e. The molecule has 1 saturated heterocycles. The molecule has 0 aromatic heterocycles. The summed E-state index contributed by atoms with van der Waals surface area (Å²) < 4.78 is 5.62. The minimum absolute atomic E-state index is 0.0173. The monoisotopic (exact) mass is 362 g/mol. The van der Waals surface area contributed by atoms with Gasteiger partial charge in [0.1, 0.15) is 5.92 Å². The Labute approximate surface area is 152 Å². The number of ether oxygens (including phenoxy) is 1. The zero-order valence-electron chi connectivity index (χ0n) is 14.8. The zero-order chi connectivity index (χ0) is 18.8. The standard InChI is InChI=1S/C17H22N4O3S/c1-10-7-21(8-11(2)24-10)14(22)9-25-16-13(6-19)17(3,4)12(5-18)15(23)20-16/h10-12H,7-9H2,1-4H3,(H,20,23)/t10-,11-,12-/m1/s1. The number of carbonyl (C=O) groups is 2. The molecule has 0 aromatic rings. The van der Waals surface area contributed by atoms with Crippen LogP contribution in [0.4, 0.5) is 0 Å². The van der Waals surface area contributed by atoms with Crippen LogP contribution >= 0.6 is 11.8 Å². The first kappa shape index (κ1) is 19.3. The van der Waals surface area contributed by atoms with Crippen LogP contribution in [0.15, 0.2) is 10.6 Å². The number of rotatable bonds is 3. The molecule has 0 saturated carbocycles. The molecule has 134 valence electrons. The summed E-state index contributed by atoms with van der Waals surface area (Å²) in [5.41, 5.74) is -0.556. The van der Waals surface area contributed by atoms with Crippen LogP contribution in [0.3, 0.4) is 0 Å². The van der Waals surface area contributed by atoms with Gasteiger partial charge in [0, 0.05) is 18.5 Å². The van der Waals surface area contributed by atoms with Gasteiger partial charge < -0.3 is 15.0 Å². The minimum atomic E-state index is -0.928. The second-order valence-electron chi connectivity index (χ2n) is 6.93. The Bertz CT molecular complexity index is 679. The third-order valence-electron chi connectivity index (χ3n) is 4.45. The van der Waals surface area contributed by atoms with Crippen molar-refractivity contribution in [3.8, 4) is 12.1 Å². The summed E-state index contributed by atoms with van der Waals surface area (Å²) in [6.07, 6.45) is -0.0347. The minimum Gasteiger partial charge on any atom is -0.372 e. The number of morpholine rings is 1. The van der Waals surface area contributed by atoms with E-state index in [0.717, 1.165) is 11.8 Å². The topological polar surface area (TPSA) is 106 Å². The van der Waals surface area contributed by atoms with E-state index in [4.69, 9.17) is 4.74 Å². The van der Waals surface area contributed by atoms with E-state index < -0.39 is 17.2 Å². The van der Waals surface area contributed by atoms with Gasteiger partial charge in [0.15, 0.2) is 0 Å². The maximum Gasteiger partial charge on any atom is 0.243 e. The Balaban J connectivity index is 2.12. The Hall–Kier alpha value is -2.03. The average Bonchev–Trinajstić information content (AvgIpc) is 2.51. The van der Waals surface area contributed by atoms with E-state index in [9.17, 15) is 20.1 Å². The summed E-state index contributed by atoms with van der Waals surface area (Å²) in [5.74, 6) is -1.31. The van der Waals surface area contributed by atoms with Gasteiger partial charge in [-0.3, -0.25) is 9.59 Å². The Morgan fingerprint density at radius 2 is 1.96 bits per heavy atom. The molecule has 25 heavy (non-hydrogen) atoms. The highest BCUT2D eigenvalue weighted by atomic mass is 32.2. The smallest absolute Gasteiger partial charge is 0.243 e. The molecule has 8 heteroatoms. The first-order chi connectivity index (χ1) is 11.7. The Morgan fingerprint density at radius 3 is 2.48 bits per heavy atom. The molecule has 7 nitrogen and oxygen atoms in total. The number of thioether (sulfide) groups is 1. The molecular formula is C17H22N4O3S. The molecular weight excluding hydrogens is 340 g/mol. The third-order valence-corrected chi connectivity index (χ3v) is 5.43. The Morgan fingerprint density at radius 1 is 1.36 bits per heavy atom. The van der Waals surface area contributed by atoms with Crippen molar-refractivity contribution in [2.24, 2.45) is 11.3 Å². The van der Waals surface area contributed by atoms with Crippen LogP contribution in [0.2, 0.25) is 0 Å². The number of hydrogen-bond donors (Lipinski definition) is 1. The van der Waals surface area contributed by atoms with E-state index >= 15 is 0 Å². The zero-order valence-corrected chi connectivity index (χ0v) is 15.6. The van der Waals surface area contributed by atoms with Gasteiger partial charge in [-0.2, -0.15) is 10.5 Å². The van der Waals surface area contributed by atoms with Gasteiger partial charge in [-0.05, 0) is 13.8 Å². The number of amides is 2. The van der Waals surface area contributed by atoms with Crippen LogP contribution in [0.1, 0.15) is 27.7 Å². The van der Waals surface area contributed by atoms with Crippen LogP contribution in [0.5, 0.6) is 0 Å². The number of hydrogen-bond acceptors (Lipinski definition) is 6. The lowest BCUT2D eigenvalue weighted by molar-refractivity contribution is -0.140. The summed E-state index contributed by atoms with van der Waals surface area (Å²) >= 11 is 1.14. The fourth-order valence-electron chi connectivity index (χ4n) is 3.14. The van der Waals surface area contributed by atoms with E-state index in [2.05, 4.69) is 11.4 Å². The lowest BCUT2D eigenvalue weighted by Gasteiger charge is -2.36. The van der Waals surface area contributed by atoms with Gasteiger partial charge in [-0.15, -0.1) is 0 Å². The van der Waals surface area contributed by atoms with Crippen molar-refractivity contribution in [3.05, 3.63) is 10.6 Å². The summed E-state index contributed by atoms with van der Waals surface area (Å²) in [6.45, 7) is 8.30. The van der Waals surface area contributed by atoms with E-state index in [1.165, 1.54) is 0 Å². The van der Waals surface area contributed by atoms with Crippen molar-refractivity contribution in [3.63, 3.8) is 0 Å². The molecule has 2 amide bonds. The van der Waals surface area contributed by atoms with E-state index in [-0.39, 0.29) is 23.9 Å². The molecule has 0 spiro atoms. The number of allylic oxidation sites excluding steroid dienone is 1. The Kier molecular flexibility index (Phi) is 5.76. The molecule has 0 unspecified atom stereocenters. The molecule has 0 aliphatic carbocycles. The van der Waals surface area contributed by atoms with Gasteiger partial charge in [0.2, 0.25) is 11.8 Å². The lowest BCUT2D eigenvalue weighted by Crippen LogP contribution is -2.49. The van der Waals surface area contributed by atoms with Gasteiger partial charge in [-0.25, -0.2) is 0 Å². The number of nitriles is 2. The third kappa shape index (κ3) is 3.97. The van der Waals surface area contributed by atoms with Crippen molar-refractivity contribution in [1.29, 1.82) is 10.5 Å². The highest BCUT2D eigenvalue weighted by molar-refractivity contribution is 8.03. The summed E-state index contributed by atoms with van der Waals surface area (Å²) in [4.78, 5) is 26.4. The number of nitrogens with zero attached hydrogens (tertiary/aromatic N) is 3. The molecule has 0 radical (unpaired) electrons. The molecule has 2 aliphatic rings. The molecule has 1 fully saturated rings. The first-order valence-electron chi connectivity index (χ1n) is 8.12. The highest BCUT2D eigenvalue weighted by Crippen LogP contribution is 2.41. The molecule has 0 bridgehead atoms. The number of carbonyl (C=O) groups excluding carboxylic acids is 2. The molecule has 1 N–H and O–H groups in total. The predicted octanol–water partition coefficient (Wildman–Crippen LogP) is 1.39. The van der Waals surface area contributed by atoms with Crippen LogP contribution in [0.25, 0.3) is 0 Å². The van der Waals surface area contributed by atoms with Crippen molar-refractivity contribution in [2.45, 2.75) is 39.9 Å². The average molecular weight is 362 g/mol. The second-order valence-corrected chi connectivity index (χ2v) is 7.92. The fraction of sp³-hybridized carbons (Fsp3) is 0.647.